The Morgan fingerprint density at radius 3 is 3.11 bits per heavy atom. The van der Waals surface area contributed by atoms with Gasteiger partial charge in [0.05, 0.1) is 12.7 Å². The Morgan fingerprint density at radius 1 is 1.50 bits per heavy atom. The van der Waals surface area contributed by atoms with Crippen LogP contribution in [-0.2, 0) is 13.0 Å². The summed E-state index contributed by atoms with van der Waals surface area (Å²) in [5, 5.41) is 3.68. The molecule has 0 bridgehead atoms. The Balaban J connectivity index is 1.59. The molecular formula is C14H23N3O. The van der Waals surface area contributed by atoms with Crippen LogP contribution in [0.5, 0.6) is 0 Å². The van der Waals surface area contributed by atoms with Crippen molar-refractivity contribution in [3.8, 4) is 0 Å². The monoisotopic (exact) mass is 249 g/mol. The molecule has 1 aliphatic carbocycles. The SMILES string of the molecule is CCc1cnc(CN2CCCNC(C3CC3)C2)o1. The quantitative estimate of drug-likeness (QED) is 0.883. The van der Waals surface area contributed by atoms with E-state index in [-0.39, 0.29) is 0 Å². The van der Waals surface area contributed by atoms with Crippen LogP contribution in [0.4, 0.5) is 0 Å². The Hall–Kier alpha value is -0.870. The highest BCUT2D eigenvalue weighted by atomic mass is 16.4. The Bertz CT molecular complexity index is 386. The first-order valence-electron chi connectivity index (χ1n) is 7.24. The van der Waals surface area contributed by atoms with Gasteiger partial charge in [-0.15, -0.1) is 0 Å². The number of rotatable bonds is 4. The molecule has 1 aromatic rings. The lowest BCUT2D eigenvalue weighted by Crippen LogP contribution is -2.39. The van der Waals surface area contributed by atoms with E-state index in [1.165, 1.54) is 19.3 Å². The van der Waals surface area contributed by atoms with Crippen LogP contribution in [0.2, 0.25) is 0 Å². The van der Waals surface area contributed by atoms with Gasteiger partial charge in [-0.2, -0.15) is 0 Å². The van der Waals surface area contributed by atoms with Gasteiger partial charge in [0, 0.05) is 19.0 Å². The van der Waals surface area contributed by atoms with Crippen molar-refractivity contribution >= 4 is 0 Å². The zero-order chi connectivity index (χ0) is 12.4. The van der Waals surface area contributed by atoms with Gasteiger partial charge in [0.1, 0.15) is 5.76 Å². The molecule has 0 amide bonds. The molecule has 1 atom stereocenters. The van der Waals surface area contributed by atoms with Crippen molar-refractivity contribution < 1.29 is 4.42 Å². The summed E-state index contributed by atoms with van der Waals surface area (Å²) in [6, 6.07) is 0.688. The van der Waals surface area contributed by atoms with Crippen LogP contribution in [0.1, 0.15) is 37.8 Å². The van der Waals surface area contributed by atoms with E-state index in [0.717, 1.165) is 50.2 Å². The van der Waals surface area contributed by atoms with E-state index >= 15 is 0 Å². The molecule has 0 spiro atoms. The largest absolute Gasteiger partial charge is 0.444 e. The standard InChI is InChI=1S/C14H23N3O/c1-2-12-8-16-14(18-12)10-17-7-3-6-15-13(9-17)11-4-5-11/h8,11,13,15H,2-7,9-10H2,1H3. The number of hydrogen-bond donors (Lipinski definition) is 1. The Kier molecular flexibility index (Phi) is 3.66. The van der Waals surface area contributed by atoms with Crippen LogP contribution in [0.15, 0.2) is 10.6 Å². The third kappa shape index (κ3) is 2.93. The third-order valence-electron chi connectivity index (χ3n) is 4.01. The van der Waals surface area contributed by atoms with Gasteiger partial charge < -0.3 is 9.73 Å². The Labute approximate surface area is 109 Å². The smallest absolute Gasteiger partial charge is 0.208 e. The fourth-order valence-corrected chi connectivity index (χ4v) is 2.76. The molecule has 2 fully saturated rings. The summed E-state index contributed by atoms with van der Waals surface area (Å²) in [6.45, 7) is 6.42. The van der Waals surface area contributed by atoms with Crippen LogP contribution in [-0.4, -0.2) is 35.6 Å². The molecule has 2 aliphatic rings. The van der Waals surface area contributed by atoms with Crippen molar-refractivity contribution in [2.24, 2.45) is 5.92 Å². The molecule has 4 nitrogen and oxygen atoms in total. The average Bonchev–Trinajstić information content (AvgIpc) is 3.15. The van der Waals surface area contributed by atoms with E-state index < -0.39 is 0 Å². The van der Waals surface area contributed by atoms with Crippen LogP contribution < -0.4 is 5.32 Å². The van der Waals surface area contributed by atoms with Crippen molar-refractivity contribution in [1.82, 2.24) is 15.2 Å². The first-order chi connectivity index (χ1) is 8.85. The number of oxazole rings is 1. The topological polar surface area (TPSA) is 41.3 Å². The lowest BCUT2D eigenvalue weighted by Gasteiger charge is -2.22. The molecule has 18 heavy (non-hydrogen) atoms. The van der Waals surface area contributed by atoms with Gasteiger partial charge in [-0.1, -0.05) is 6.92 Å². The molecule has 4 heteroatoms. The van der Waals surface area contributed by atoms with Gasteiger partial charge in [-0.25, -0.2) is 4.98 Å². The molecule has 2 heterocycles. The maximum absolute atomic E-state index is 5.71. The van der Waals surface area contributed by atoms with Gasteiger partial charge in [0.25, 0.3) is 0 Å². The van der Waals surface area contributed by atoms with Gasteiger partial charge in [0.2, 0.25) is 5.89 Å². The minimum atomic E-state index is 0.688. The molecular weight excluding hydrogens is 226 g/mol. The number of hydrogen-bond acceptors (Lipinski definition) is 4. The minimum absolute atomic E-state index is 0.688. The maximum Gasteiger partial charge on any atom is 0.208 e. The summed E-state index contributed by atoms with van der Waals surface area (Å²) in [5.74, 6) is 2.79. The second-order valence-electron chi connectivity index (χ2n) is 5.56. The van der Waals surface area contributed by atoms with Gasteiger partial charge in [-0.3, -0.25) is 4.90 Å². The van der Waals surface area contributed by atoms with Crippen LogP contribution in [0.25, 0.3) is 0 Å². The second-order valence-corrected chi connectivity index (χ2v) is 5.56. The second kappa shape index (κ2) is 5.41. The van der Waals surface area contributed by atoms with Crippen molar-refractivity contribution in [3.05, 3.63) is 17.8 Å². The number of nitrogens with one attached hydrogen (secondary N) is 1. The van der Waals surface area contributed by atoms with E-state index in [1.54, 1.807) is 0 Å². The van der Waals surface area contributed by atoms with E-state index in [2.05, 4.69) is 22.1 Å². The predicted octanol–water partition coefficient (Wildman–Crippen LogP) is 1.81. The summed E-state index contributed by atoms with van der Waals surface area (Å²) in [6.07, 6.45) is 6.84. The van der Waals surface area contributed by atoms with Crippen molar-refractivity contribution in [1.29, 1.82) is 0 Å². The summed E-state index contributed by atoms with van der Waals surface area (Å²) < 4.78 is 5.71. The van der Waals surface area contributed by atoms with E-state index in [4.69, 9.17) is 4.42 Å². The molecule has 100 valence electrons. The highest BCUT2D eigenvalue weighted by molar-refractivity contribution is 4.95. The van der Waals surface area contributed by atoms with E-state index in [9.17, 15) is 0 Å². The average molecular weight is 249 g/mol. The predicted molar refractivity (Wildman–Crippen MR) is 70.3 cm³/mol. The fourth-order valence-electron chi connectivity index (χ4n) is 2.76. The highest BCUT2D eigenvalue weighted by Gasteiger charge is 2.33. The number of aryl methyl sites for hydroxylation is 1. The fraction of sp³-hybridized carbons (Fsp3) is 0.786. The van der Waals surface area contributed by atoms with Crippen molar-refractivity contribution in [3.63, 3.8) is 0 Å². The van der Waals surface area contributed by atoms with E-state index in [1.807, 2.05) is 6.20 Å². The molecule has 1 saturated heterocycles. The molecule has 1 saturated carbocycles. The summed E-state index contributed by atoms with van der Waals surface area (Å²) in [5.41, 5.74) is 0. The zero-order valence-electron chi connectivity index (χ0n) is 11.2. The molecule has 0 aromatic carbocycles. The molecule has 3 rings (SSSR count). The minimum Gasteiger partial charge on any atom is -0.444 e. The van der Waals surface area contributed by atoms with Crippen LogP contribution in [0.3, 0.4) is 0 Å². The summed E-state index contributed by atoms with van der Waals surface area (Å²) >= 11 is 0. The van der Waals surface area contributed by atoms with Crippen molar-refractivity contribution in [2.45, 2.75) is 45.2 Å². The van der Waals surface area contributed by atoms with Crippen molar-refractivity contribution in [2.75, 3.05) is 19.6 Å². The first-order valence-corrected chi connectivity index (χ1v) is 7.24. The Morgan fingerprint density at radius 2 is 2.39 bits per heavy atom. The molecule has 1 aromatic heterocycles. The lowest BCUT2D eigenvalue weighted by atomic mass is 10.2. The van der Waals surface area contributed by atoms with E-state index in [0.29, 0.717) is 6.04 Å². The first kappa shape index (κ1) is 12.2. The zero-order valence-corrected chi connectivity index (χ0v) is 11.2. The van der Waals surface area contributed by atoms with Gasteiger partial charge >= 0.3 is 0 Å². The summed E-state index contributed by atoms with van der Waals surface area (Å²) in [7, 11) is 0. The molecule has 0 radical (unpaired) electrons. The molecule has 1 aliphatic heterocycles. The normalized spacial score (nSPS) is 26.2. The van der Waals surface area contributed by atoms with Gasteiger partial charge in [0.15, 0.2) is 0 Å². The number of nitrogens with zero attached hydrogens (tertiary/aromatic N) is 2. The highest BCUT2D eigenvalue weighted by Crippen LogP contribution is 2.33. The molecule has 1 N–H and O–H groups in total. The maximum atomic E-state index is 5.71. The van der Waals surface area contributed by atoms with Crippen LogP contribution in [0, 0.1) is 5.92 Å². The molecule has 1 unspecified atom stereocenters. The number of aromatic nitrogens is 1. The third-order valence-corrected chi connectivity index (χ3v) is 4.01. The summed E-state index contributed by atoms with van der Waals surface area (Å²) in [4.78, 5) is 6.86. The van der Waals surface area contributed by atoms with Crippen LogP contribution >= 0.6 is 0 Å². The lowest BCUT2D eigenvalue weighted by molar-refractivity contribution is 0.226. The van der Waals surface area contributed by atoms with Gasteiger partial charge in [-0.05, 0) is 38.3 Å².